The van der Waals surface area contributed by atoms with Crippen LogP contribution >= 0.6 is 11.6 Å². The van der Waals surface area contributed by atoms with Gasteiger partial charge < -0.3 is 15.2 Å². The molecule has 0 amide bonds. The number of rotatable bonds is 5. The van der Waals surface area contributed by atoms with Gasteiger partial charge in [-0.2, -0.15) is 5.26 Å². The molecule has 2 N–H and O–H groups in total. The van der Waals surface area contributed by atoms with Gasteiger partial charge in [0, 0.05) is 16.8 Å². The SMILES string of the molecule is COc1ccc(-c2c(C#N)c(N)nc3c2CCCC3)cc1COc1ccc(F)cc1Cl. The van der Waals surface area contributed by atoms with Crippen molar-refractivity contribution < 1.29 is 13.9 Å². The molecule has 0 bridgehead atoms. The van der Waals surface area contributed by atoms with Gasteiger partial charge in [0.15, 0.2) is 0 Å². The van der Waals surface area contributed by atoms with Crippen LogP contribution in [0.15, 0.2) is 36.4 Å². The highest BCUT2D eigenvalue weighted by Gasteiger charge is 2.22. The van der Waals surface area contributed by atoms with Gasteiger partial charge in [-0.05, 0) is 67.1 Å². The Hall–Kier alpha value is -3.30. The van der Waals surface area contributed by atoms with Crippen LogP contribution in [0, 0.1) is 17.1 Å². The number of methoxy groups -OCH3 is 1. The van der Waals surface area contributed by atoms with E-state index in [0.717, 1.165) is 53.6 Å². The molecular formula is C24H21ClFN3O2. The van der Waals surface area contributed by atoms with Crippen molar-refractivity contribution in [2.45, 2.75) is 32.3 Å². The summed E-state index contributed by atoms with van der Waals surface area (Å²) in [4.78, 5) is 4.48. The Bertz CT molecular complexity index is 1190. The number of nitrogens with two attached hydrogens (primary N) is 1. The summed E-state index contributed by atoms with van der Waals surface area (Å²) in [6, 6.07) is 11.9. The molecule has 5 nitrogen and oxygen atoms in total. The van der Waals surface area contributed by atoms with Gasteiger partial charge in [0.2, 0.25) is 0 Å². The van der Waals surface area contributed by atoms with E-state index in [1.807, 2.05) is 18.2 Å². The van der Waals surface area contributed by atoms with Crippen molar-refractivity contribution in [3.05, 3.63) is 69.6 Å². The number of nitrogen functional groups attached to an aromatic ring is 1. The van der Waals surface area contributed by atoms with Gasteiger partial charge in [0.25, 0.3) is 0 Å². The molecule has 31 heavy (non-hydrogen) atoms. The van der Waals surface area contributed by atoms with E-state index in [9.17, 15) is 9.65 Å². The number of ether oxygens (including phenoxy) is 2. The van der Waals surface area contributed by atoms with E-state index >= 15 is 0 Å². The summed E-state index contributed by atoms with van der Waals surface area (Å²) in [6.45, 7) is 0.160. The Morgan fingerprint density at radius 3 is 2.68 bits per heavy atom. The number of fused-ring (bicyclic) bond motifs is 1. The summed E-state index contributed by atoms with van der Waals surface area (Å²) in [6.07, 6.45) is 3.82. The van der Waals surface area contributed by atoms with Crippen LogP contribution in [0.4, 0.5) is 10.2 Å². The van der Waals surface area contributed by atoms with Crippen LogP contribution < -0.4 is 15.2 Å². The Labute approximate surface area is 185 Å². The highest BCUT2D eigenvalue weighted by atomic mass is 35.5. The molecule has 1 aliphatic rings. The highest BCUT2D eigenvalue weighted by Crippen LogP contribution is 2.38. The number of nitriles is 1. The Kier molecular flexibility index (Phi) is 5.97. The molecule has 3 aromatic rings. The number of hydrogen-bond acceptors (Lipinski definition) is 5. The molecule has 1 aromatic heterocycles. The number of aromatic nitrogens is 1. The number of aryl methyl sites for hydroxylation is 1. The first-order valence-corrected chi connectivity index (χ1v) is 10.4. The number of benzene rings is 2. The van der Waals surface area contributed by atoms with Crippen molar-refractivity contribution >= 4 is 17.4 Å². The van der Waals surface area contributed by atoms with Crippen molar-refractivity contribution in [3.8, 4) is 28.7 Å². The lowest BCUT2D eigenvalue weighted by molar-refractivity contribution is 0.296. The van der Waals surface area contributed by atoms with Crippen LogP contribution in [0.1, 0.15) is 35.2 Å². The van der Waals surface area contributed by atoms with Crippen molar-refractivity contribution in [3.63, 3.8) is 0 Å². The normalized spacial score (nSPS) is 12.7. The third kappa shape index (κ3) is 4.14. The minimum absolute atomic E-state index is 0.160. The molecule has 0 saturated heterocycles. The molecule has 1 aliphatic carbocycles. The first-order chi connectivity index (χ1) is 15.0. The second kappa shape index (κ2) is 8.83. The zero-order valence-electron chi connectivity index (χ0n) is 17.0. The summed E-state index contributed by atoms with van der Waals surface area (Å²) >= 11 is 6.08. The number of anilines is 1. The second-order valence-electron chi connectivity index (χ2n) is 7.38. The van der Waals surface area contributed by atoms with E-state index in [-0.39, 0.29) is 17.4 Å². The van der Waals surface area contributed by atoms with Gasteiger partial charge in [-0.3, -0.25) is 0 Å². The Morgan fingerprint density at radius 1 is 1.16 bits per heavy atom. The maximum Gasteiger partial charge on any atom is 0.142 e. The zero-order chi connectivity index (χ0) is 22.0. The smallest absolute Gasteiger partial charge is 0.142 e. The molecule has 0 unspecified atom stereocenters. The molecule has 0 spiro atoms. The quantitative estimate of drug-likeness (QED) is 0.573. The summed E-state index contributed by atoms with van der Waals surface area (Å²) in [5.74, 6) is 0.834. The van der Waals surface area contributed by atoms with Crippen LogP contribution in [0.2, 0.25) is 5.02 Å². The Balaban J connectivity index is 1.76. The van der Waals surface area contributed by atoms with E-state index < -0.39 is 5.82 Å². The van der Waals surface area contributed by atoms with Crippen LogP contribution in [0.5, 0.6) is 11.5 Å². The molecule has 0 fully saturated rings. The van der Waals surface area contributed by atoms with Gasteiger partial charge in [0.1, 0.15) is 41.4 Å². The predicted octanol–water partition coefficient (Wildman–Crippen LogP) is 5.46. The topological polar surface area (TPSA) is 81.2 Å². The fraction of sp³-hybridized carbons (Fsp3) is 0.250. The van der Waals surface area contributed by atoms with Crippen LogP contribution in [-0.4, -0.2) is 12.1 Å². The van der Waals surface area contributed by atoms with Crippen LogP contribution in [-0.2, 0) is 19.4 Å². The van der Waals surface area contributed by atoms with Crippen molar-refractivity contribution in [1.82, 2.24) is 4.98 Å². The minimum atomic E-state index is -0.430. The van der Waals surface area contributed by atoms with E-state index in [1.54, 1.807) is 7.11 Å². The molecule has 158 valence electrons. The Morgan fingerprint density at radius 2 is 1.94 bits per heavy atom. The summed E-state index contributed by atoms with van der Waals surface area (Å²) in [7, 11) is 1.58. The predicted molar refractivity (Wildman–Crippen MR) is 118 cm³/mol. The van der Waals surface area contributed by atoms with E-state index in [4.69, 9.17) is 26.8 Å². The maximum atomic E-state index is 13.3. The van der Waals surface area contributed by atoms with E-state index in [2.05, 4.69) is 11.1 Å². The molecular weight excluding hydrogens is 417 g/mol. The summed E-state index contributed by atoms with van der Waals surface area (Å²) in [5.41, 5.74) is 11.0. The number of hydrogen-bond donors (Lipinski definition) is 1. The molecule has 7 heteroatoms. The van der Waals surface area contributed by atoms with Crippen molar-refractivity contribution in [2.24, 2.45) is 0 Å². The molecule has 0 radical (unpaired) electrons. The highest BCUT2D eigenvalue weighted by molar-refractivity contribution is 6.32. The largest absolute Gasteiger partial charge is 0.496 e. The molecule has 0 aliphatic heterocycles. The summed E-state index contributed by atoms with van der Waals surface area (Å²) in [5, 5.41) is 9.96. The molecule has 0 saturated carbocycles. The lowest BCUT2D eigenvalue weighted by atomic mass is 9.86. The van der Waals surface area contributed by atoms with Gasteiger partial charge in [-0.25, -0.2) is 9.37 Å². The fourth-order valence-corrected chi connectivity index (χ4v) is 4.21. The first kappa shape index (κ1) is 21.0. The average molecular weight is 438 g/mol. The van der Waals surface area contributed by atoms with Gasteiger partial charge in [-0.15, -0.1) is 0 Å². The average Bonchev–Trinajstić information content (AvgIpc) is 2.77. The van der Waals surface area contributed by atoms with Crippen molar-refractivity contribution in [1.29, 1.82) is 5.26 Å². The van der Waals surface area contributed by atoms with Gasteiger partial charge in [-0.1, -0.05) is 17.7 Å². The standard InChI is InChI=1S/C24H21ClFN3O2/c1-30-21-8-6-14(10-15(21)13-31-22-9-7-16(26)11-19(22)25)23-17-4-2-3-5-20(17)29-24(28)18(23)12-27/h6-11H,2-5,13H2,1H3,(H2,28,29). The van der Waals surface area contributed by atoms with Gasteiger partial charge in [0.05, 0.1) is 12.1 Å². The van der Waals surface area contributed by atoms with E-state index in [0.29, 0.717) is 17.1 Å². The third-order valence-electron chi connectivity index (χ3n) is 5.46. The van der Waals surface area contributed by atoms with Crippen LogP contribution in [0.25, 0.3) is 11.1 Å². The number of pyridine rings is 1. The van der Waals surface area contributed by atoms with E-state index in [1.165, 1.54) is 18.2 Å². The lowest BCUT2D eigenvalue weighted by Crippen LogP contribution is -2.12. The fourth-order valence-electron chi connectivity index (χ4n) is 3.99. The number of halogens is 2. The second-order valence-corrected chi connectivity index (χ2v) is 7.79. The lowest BCUT2D eigenvalue weighted by Gasteiger charge is -2.21. The van der Waals surface area contributed by atoms with Gasteiger partial charge >= 0.3 is 0 Å². The van der Waals surface area contributed by atoms with Crippen LogP contribution in [0.3, 0.4) is 0 Å². The minimum Gasteiger partial charge on any atom is -0.496 e. The molecule has 4 rings (SSSR count). The third-order valence-corrected chi connectivity index (χ3v) is 5.76. The zero-order valence-corrected chi connectivity index (χ0v) is 17.8. The molecule has 0 atom stereocenters. The summed E-state index contributed by atoms with van der Waals surface area (Å²) < 4.78 is 24.6. The molecule has 1 heterocycles. The molecule has 2 aromatic carbocycles. The first-order valence-electron chi connectivity index (χ1n) is 9.98. The number of nitrogens with zero attached hydrogens (tertiary/aromatic N) is 2. The monoisotopic (exact) mass is 437 g/mol. The van der Waals surface area contributed by atoms with Crippen molar-refractivity contribution in [2.75, 3.05) is 12.8 Å². The maximum absolute atomic E-state index is 13.3.